The second kappa shape index (κ2) is 4.52. The Morgan fingerprint density at radius 2 is 1.86 bits per heavy atom. The Bertz CT molecular complexity index is 177. The maximum Gasteiger partial charge on any atom is 0.0100 e. The summed E-state index contributed by atoms with van der Waals surface area (Å²) in [6, 6.07) is 0.895. The van der Waals surface area contributed by atoms with E-state index in [9.17, 15) is 0 Å². The lowest BCUT2D eigenvalue weighted by Gasteiger charge is -2.44. The van der Waals surface area contributed by atoms with E-state index < -0.39 is 0 Å². The van der Waals surface area contributed by atoms with Gasteiger partial charge in [0.25, 0.3) is 0 Å². The van der Waals surface area contributed by atoms with Gasteiger partial charge in [-0.1, -0.05) is 35.2 Å². The van der Waals surface area contributed by atoms with Gasteiger partial charge in [0.2, 0.25) is 0 Å². The first-order valence-electron chi connectivity index (χ1n) is 6.02. The van der Waals surface area contributed by atoms with Crippen molar-refractivity contribution < 1.29 is 0 Å². The quantitative estimate of drug-likeness (QED) is 0.700. The highest BCUT2D eigenvalue weighted by molar-refractivity contribution is 9.09. The molecular weight excluding hydrogens is 238 g/mol. The smallest absolute Gasteiger partial charge is 0.0100 e. The molecule has 0 atom stereocenters. The minimum Gasteiger partial charge on any atom is -0.303 e. The molecular formula is C12H22BrN. The van der Waals surface area contributed by atoms with E-state index in [0.717, 1.165) is 6.04 Å². The molecule has 14 heavy (non-hydrogen) atoms. The zero-order chi connectivity index (χ0) is 10.0. The third kappa shape index (κ3) is 2.16. The number of halogens is 1. The number of hydrogen-bond acceptors (Lipinski definition) is 1. The van der Waals surface area contributed by atoms with Crippen LogP contribution in [0.4, 0.5) is 0 Å². The molecule has 2 aliphatic rings. The Kier molecular flexibility index (Phi) is 3.54. The molecule has 2 rings (SSSR count). The van der Waals surface area contributed by atoms with E-state index in [1.807, 2.05) is 0 Å². The zero-order valence-corrected chi connectivity index (χ0v) is 10.9. The van der Waals surface area contributed by atoms with Crippen LogP contribution >= 0.6 is 15.9 Å². The lowest BCUT2D eigenvalue weighted by molar-refractivity contribution is 0.0835. The molecule has 0 N–H and O–H groups in total. The molecule has 0 aromatic rings. The maximum absolute atomic E-state index is 3.69. The number of nitrogens with zero attached hydrogens (tertiary/aromatic N) is 1. The van der Waals surface area contributed by atoms with Crippen molar-refractivity contribution in [1.29, 1.82) is 0 Å². The number of hydrogen-bond donors (Lipinski definition) is 0. The average Bonchev–Trinajstić information content (AvgIpc) is 2.63. The van der Waals surface area contributed by atoms with E-state index in [1.165, 1.54) is 56.8 Å². The van der Waals surface area contributed by atoms with Crippen molar-refractivity contribution in [2.45, 2.75) is 51.0 Å². The van der Waals surface area contributed by atoms with Crippen LogP contribution in [0.1, 0.15) is 44.9 Å². The SMILES string of the molecule is CN(CC1(CBr)CCC1)C1CCCC1. The molecule has 2 fully saturated rings. The van der Waals surface area contributed by atoms with E-state index in [2.05, 4.69) is 27.9 Å². The Labute approximate surface area is 96.4 Å². The van der Waals surface area contributed by atoms with Crippen molar-refractivity contribution in [1.82, 2.24) is 4.90 Å². The summed E-state index contributed by atoms with van der Waals surface area (Å²) in [6.07, 6.45) is 10.1. The van der Waals surface area contributed by atoms with Crippen LogP contribution in [0, 0.1) is 5.41 Å². The fourth-order valence-corrected chi connectivity index (χ4v) is 3.75. The second-order valence-electron chi connectivity index (χ2n) is 5.34. The van der Waals surface area contributed by atoms with Gasteiger partial charge in [0.05, 0.1) is 0 Å². The van der Waals surface area contributed by atoms with Gasteiger partial charge < -0.3 is 4.90 Å². The molecule has 82 valence electrons. The molecule has 0 saturated heterocycles. The van der Waals surface area contributed by atoms with Gasteiger partial charge in [-0.25, -0.2) is 0 Å². The van der Waals surface area contributed by atoms with E-state index in [-0.39, 0.29) is 0 Å². The Hall–Kier alpha value is 0.440. The highest BCUT2D eigenvalue weighted by Crippen LogP contribution is 2.43. The summed E-state index contributed by atoms with van der Waals surface area (Å²) < 4.78 is 0. The Balaban J connectivity index is 1.83. The predicted molar refractivity (Wildman–Crippen MR) is 65.0 cm³/mol. The minimum absolute atomic E-state index is 0.636. The summed E-state index contributed by atoms with van der Waals surface area (Å²) in [5.74, 6) is 0. The summed E-state index contributed by atoms with van der Waals surface area (Å²) >= 11 is 3.69. The maximum atomic E-state index is 3.69. The molecule has 0 aromatic heterocycles. The fraction of sp³-hybridized carbons (Fsp3) is 1.00. The molecule has 0 spiro atoms. The summed E-state index contributed by atoms with van der Waals surface area (Å²) in [5, 5.41) is 1.21. The molecule has 0 aromatic carbocycles. The molecule has 0 bridgehead atoms. The molecule has 0 radical (unpaired) electrons. The van der Waals surface area contributed by atoms with E-state index in [1.54, 1.807) is 0 Å². The van der Waals surface area contributed by atoms with Crippen molar-refractivity contribution in [3.63, 3.8) is 0 Å². The summed E-state index contributed by atoms with van der Waals surface area (Å²) in [7, 11) is 2.33. The van der Waals surface area contributed by atoms with Crippen LogP contribution in [0.3, 0.4) is 0 Å². The third-order valence-electron chi connectivity index (χ3n) is 4.23. The molecule has 0 heterocycles. The molecule has 0 amide bonds. The molecule has 2 aliphatic carbocycles. The van der Waals surface area contributed by atoms with Gasteiger partial charge in [0, 0.05) is 17.9 Å². The average molecular weight is 260 g/mol. The lowest BCUT2D eigenvalue weighted by Crippen LogP contribution is -2.45. The van der Waals surface area contributed by atoms with Gasteiger partial charge in [-0.3, -0.25) is 0 Å². The molecule has 0 aliphatic heterocycles. The first kappa shape index (κ1) is 10.9. The predicted octanol–water partition coefficient (Wildman–Crippen LogP) is 3.43. The van der Waals surface area contributed by atoms with Crippen molar-refractivity contribution in [2.24, 2.45) is 5.41 Å². The normalized spacial score (nSPS) is 26.8. The van der Waals surface area contributed by atoms with E-state index in [0.29, 0.717) is 5.41 Å². The Morgan fingerprint density at radius 3 is 2.29 bits per heavy atom. The number of rotatable bonds is 4. The molecule has 2 heteroatoms. The number of alkyl halides is 1. The van der Waals surface area contributed by atoms with Crippen LogP contribution < -0.4 is 0 Å². The summed E-state index contributed by atoms with van der Waals surface area (Å²) in [6.45, 7) is 1.32. The van der Waals surface area contributed by atoms with Crippen molar-refractivity contribution in [2.75, 3.05) is 18.9 Å². The molecule has 0 unspecified atom stereocenters. The van der Waals surface area contributed by atoms with Gasteiger partial charge in [-0.2, -0.15) is 0 Å². The third-order valence-corrected chi connectivity index (χ3v) is 5.42. The van der Waals surface area contributed by atoms with Gasteiger partial charge in [0.15, 0.2) is 0 Å². The van der Waals surface area contributed by atoms with Crippen LogP contribution in [0.2, 0.25) is 0 Å². The van der Waals surface area contributed by atoms with Crippen molar-refractivity contribution in [3.05, 3.63) is 0 Å². The van der Waals surface area contributed by atoms with Gasteiger partial charge in [-0.15, -0.1) is 0 Å². The van der Waals surface area contributed by atoms with Crippen molar-refractivity contribution >= 4 is 15.9 Å². The van der Waals surface area contributed by atoms with Crippen molar-refractivity contribution in [3.8, 4) is 0 Å². The first-order valence-corrected chi connectivity index (χ1v) is 7.14. The molecule has 2 saturated carbocycles. The fourth-order valence-electron chi connectivity index (χ4n) is 3.01. The zero-order valence-electron chi connectivity index (χ0n) is 9.27. The van der Waals surface area contributed by atoms with Gasteiger partial charge >= 0.3 is 0 Å². The topological polar surface area (TPSA) is 3.24 Å². The van der Waals surface area contributed by atoms with Crippen LogP contribution in [0.5, 0.6) is 0 Å². The summed E-state index contributed by atoms with van der Waals surface area (Å²) in [4.78, 5) is 2.63. The van der Waals surface area contributed by atoms with E-state index in [4.69, 9.17) is 0 Å². The minimum atomic E-state index is 0.636. The standard InChI is InChI=1S/C12H22BrN/c1-14(11-5-2-3-6-11)10-12(9-13)7-4-8-12/h11H,2-10H2,1H3. The first-order chi connectivity index (χ1) is 6.76. The second-order valence-corrected chi connectivity index (χ2v) is 5.90. The lowest BCUT2D eigenvalue weighted by atomic mass is 9.70. The van der Waals surface area contributed by atoms with Crippen LogP contribution in [-0.2, 0) is 0 Å². The van der Waals surface area contributed by atoms with Crippen LogP contribution in [0.15, 0.2) is 0 Å². The Morgan fingerprint density at radius 1 is 1.21 bits per heavy atom. The van der Waals surface area contributed by atoms with E-state index >= 15 is 0 Å². The highest BCUT2D eigenvalue weighted by Gasteiger charge is 2.38. The highest BCUT2D eigenvalue weighted by atomic mass is 79.9. The van der Waals surface area contributed by atoms with Crippen LogP contribution in [-0.4, -0.2) is 29.9 Å². The monoisotopic (exact) mass is 259 g/mol. The largest absolute Gasteiger partial charge is 0.303 e. The summed E-state index contributed by atoms with van der Waals surface area (Å²) in [5.41, 5.74) is 0.636. The van der Waals surface area contributed by atoms with Gasteiger partial charge in [0.1, 0.15) is 0 Å². The molecule has 1 nitrogen and oxygen atoms in total. The van der Waals surface area contributed by atoms with Crippen LogP contribution in [0.25, 0.3) is 0 Å². The van der Waals surface area contributed by atoms with Gasteiger partial charge in [-0.05, 0) is 38.1 Å².